The number of fused-ring (bicyclic) bond motifs is 1. The minimum atomic E-state index is -0.829. The fourth-order valence-corrected chi connectivity index (χ4v) is 2.75. The molecule has 0 bridgehead atoms. The molecule has 2 amide bonds. The van der Waals surface area contributed by atoms with Gasteiger partial charge in [-0.3, -0.25) is 9.59 Å². The fraction of sp³-hybridized carbons (Fsp3) is 0.238. The molecule has 2 aromatic rings. The van der Waals surface area contributed by atoms with E-state index in [0.29, 0.717) is 24.6 Å². The van der Waals surface area contributed by atoms with Gasteiger partial charge in [-0.25, -0.2) is 0 Å². The van der Waals surface area contributed by atoms with E-state index in [0.717, 1.165) is 11.3 Å². The summed E-state index contributed by atoms with van der Waals surface area (Å²) in [5, 5.41) is 2.77. The Morgan fingerprint density at radius 3 is 2.74 bits per heavy atom. The average Bonchev–Trinajstić information content (AvgIpc) is 2.68. The van der Waals surface area contributed by atoms with Gasteiger partial charge in [0.05, 0.1) is 12.1 Å². The first-order chi connectivity index (χ1) is 13.1. The van der Waals surface area contributed by atoms with Gasteiger partial charge in [-0.05, 0) is 29.8 Å². The number of benzene rings is 2. The summed E-state index contributed by atoms with van der Waals surface area (Å²) in [4.78, 5) is 26.3. The number of carbonyl (C=O) groups is 2. The molecule has 0 radical (unpaired) electrons. The van der Waals surface area contributed by atoms with Crippen LogP contribution in [0.3, 0.4) is 0 Å². The predicted octanol–water partition coefficient (Wildman–Crippen LogP) is 3.00. The zero-order valence-corrected chi connectivity index (χ0v) is 15.2. The van der Waals surface area contributed by atoms with Crippen molar-refractivity contribution in [2.24, 2.45) is 0 Å². The quantitative estimate of drug-likeness (QED) is 0.765. The topological polar surface area (TPSA) is 67.9 Å². The lowest BCUT2D eigenvalue weighted by Gasteiger charge is -2.27. The van der Waals surface area contributed by atoms with Crippen LogP contribution in [-0.4, -0.2) is 36.5 Å². The van der Waals surface area contributed by atoms with Crippen LogP contribution in [-0.2, 0) is 16.1 Å². The molecule has 1 atom stereocenters. The Morgan fingerprint density at radius 1 is 1.26 bits per heavy atom. The number of para-hydroxylation sites is 2. The Morgan fingerprint density at radius 2 is 2.00 bits per heavy atom. The number of carbonyl (C=O) groups excluding carboxylic acids is 2. The number of ether oxygens (including phenoxy) is 2. The SMILES string of the molecule is C=CCOc1ccc(CN(C)C(=O)C[C@@H]2Oc3ccccc3NC2=O)cc1. The Hall–Kier alpha value is -3.28. The third-order valence-corrected chi connectivity index (χ3v) is 4.20. The van der Waals surface area contributed by atoms with Crippen LogP contribution in [0.25, 0.3) is 0 Å². The molecule has 140 valence electrons. The van der Waals surface area contributed by atoms with Crippen molar-refractivity contribution in [3.63, 3.8) is 0 Å². The van der Waals surface area contributed by atoms with Gasteiger partial charge in [-0.2, -0.15) is 0 Å². The number of hydrogen-bond acceptors (Lipinski definition) is 4. The smallest absolute Gasteiger partial charge is 0.266 e. The molecule has 6 nitrogen and oxygen atoms in total. The van der Waals surface area contributed by atoms with Crippen molar-refractivity contribution in [2.75, 3.05) is 19.0 Å². The Balaban J connectivity index is 1.56. The molecule has 0 aromatic heterocycles. The summed E-state index contributed by atoms with van der Waals surface area (Å²) in [6, 6.07) is 14.7. The van der Waals surface area contributed by atoms with E-state index in [1.54, 1.807) is 30.2 Å². The minimum Gasteiger partial charge on any atom is -0.490 e. The van der Waals surface area contributed by atoms with E-state index >= 15 is 0 Å². The van der Waals surface area contributed by atoms with Gasteiger partial charge in [0, 0.05) is 13.6 Å². The maximum atomic E-state index is 12.5. The standard InChI is InChI=1S/C21H22N2O4/c1-3-12-26-16-10-8-15(9-11-16)14-23(2)20(24)13-19-21(25)22-17-6-4-5-7-18(17)27-19/h3-11,19H,1,12-14H2,2H3,(H,22,25)/t19-/m0/s1. The number of hydrogen-bond donors (Lipinski definition) is 1. The molecule has 0 fully saturated rings. The van der Waals surface area contributed by atoms with E-state index < -0.39 is 6.10 Å². The van der Waals surface area contributed by atoms with Crippen LogP contribution >= 0.6 is 0 Å². The molecular weight excluding hydrogens is 344 g/mol. The summed E-state index contributed by atoms with van der Waals surface area (Å²) in [6.07, 6.45) is 0.837. The number of nitrogens with one attached hydrogen (secondary N) is 1. The molecule has 0 spiro atoms. The van der Waals surface area contributed by atoms with Gasteiger partial charge in [0.25, 0.3) is 5.91 Å². The van der Waals surface area contributed by atoms with Gasteiger partial charge in [-0.1, -0.05) is 36.9 Å². The third-order valence-electron chi connectivity index (χ3n) is 4.20. The summed E-state index contributed by atoms with van der Waals surface area (Å²) < 4.78 is 11.1. The van der Waals surface area contributed by atoms with Crippen molar-refractivity contribution < 1.29 is 19.1 Å². The summed E-state index contributed by atoms with van der Waals surface area (Å²) >= 11 is 0. The van der Waals surface area contributed by atoms with Gasteiger partial charge in [-0.15, -0.1) is 0 Å². The molecule has 6 heteroatoms. The molecular formula is C21H22N2O4. The van der Waals surface area contributed by atoms with Crippen molar-refractivity contribution >= 4 is 17.5 Å². The van der Waals surface area contributed by atoms with E-state index in [2.05, 4.69) is 11.9 Å². The van der Waals surface area contributed by atoms with Gasteiger partial charge >= 0.3 is 0 Å². The van der Waals surface area contributed by atoms with Gasteiger partial charge in [0.2, 0.25) is 5.91 Å². The van der Waals surface area contributed by atoms with Crippen molar-refractivity contribution in [3.8, 4) is 11.5 Å². The fourth-order valence-electron chi connectivity index (χ4n) is 2.75. The Kier molecular flexibility index (Phi) is 5.76. The zero-order valence-electron chi connectivity index (χ0n) is 15.2. The highest BCUT2D eigenvalue weighted by molar-refractivity contribution is 5.99. The second-order valence-electron chi connectivity index (χ2n) is 6.29. The average molecular weight is 366 g/mol. The largest absolute Gasteiger partial charge is 0.490 e. The van der Waals surface area contributed by atoms with Crippen molar-refractivity contribution in [2.45, 2.75) is 19.1 Å². The molecule has 2 aromatic carbocycles. The summed E-state index contributed by atoms with van der Waals surface area (Å²) in [5.74, 6) is 0.854. The molecule has 27 heavy (non-hydrogen) atoms. The summed E-state index contributed by atoms with van der Waals surface area (Å²) in [5.41, 5.74) is 1.59. The highest BCUT2D eigenvalue weighted by Gasteiger charge is 2.30. The van der Waals surface area contributed by atoms with E-state index in [9.17, 15) is 9.59 Å². The molecule has 1 aliphatic heterocycles. The molecule has 0 aliphatic carbocycles. The summed E-state index contributed by atoms with van der Waals surface area (Å²) in [6.45, 7) is 4.49. The van der Waals surface area contributed by atoms with Crippen LogP contribution in [0.2, 0.25) is 0 Å². The second-order valence-corrected chi connectivity index (χ2v) is 6.29. The van der Waals surface area contributed by atoms with Gasteiger partial charge < -0.3 is 19.7 Å². The number of rotatable bonds is 7. The van der Waals surface area contributed by atoms with E-state index in [4.69, 9.17) is 9.47 Å². The maximum absolute atomic E-state index is 12.5. The van der Waals surface area contributed by atoms with Crippen LogP contribution in [0, 0.1) is 0 Å². The molecule has 0 saturated heterocycles. The van der Waals surface area contributed by atoms with Crippen LogP contribution < -0.4 is 14.8 Å². The first-order valence-electron chi connectivity index (χ1n) is 8.70. The van der Waals surface area contributed by atoms with E-state index in [1.165, 1.54) is 0 Å². The van der Waals surface area contributed by atoms with Crippen molar-refractivity contribution in [3.05, 3.63) is 66.7 Å². The maximum Gasteiger partial charge on any atom is 0.266 e. The number of nitrogens with zero attached hydrogens (tertiary/aromatic N) is 1. The Labute approximate surface area is 158 Å². The zero-order chi connectivity index (χ0) is 19.2. The van der Waals surface area contributed by atoms with E-state index in [-0.39, 0.29) is 18.2 Å². The number of amides is 2. The highest BCUT2D eigenvalue weighted by atomic mass is 16.5. The molecule has 3 rings (SSSR count). The molecule has 0 unspecified atom stereocenters. The van der Waals surface area contributed by atoms with Crippen LogP contribution in [0.15, 0.2) is 61.2 Å². The molecule has 1 N–H and O–H groups in total. The van der Waals surface area contributed by atoms with Crippen LogP contribution in [0.4, 0.5) is 5.69 Å². The first-order valence-corrected chi connectivity index (χ1v) is 8.70. The first kappa shape index (κ1) is 18.5. The van der Waals surface area contributed by atoms with Crippen LogP contribution in [0.5, 0.6) is 11.5 Å². The molecule has 1 aliphatic rings. The lowest BCUT2D eigenvalue weighted by Crippen LogP contribution is -2.41. The second kappa shape index (κ2) is 8.40. The Bertz CT molecular complexity index is 832. The summed E-state index contributed by atoms with van der Waals surface area (Å²) in [7, 11) is 1.71. The highest BCUT2D eigenvalue weighted by Crippen LogP contribution is 2.29. The minimum absolute atomic E-state index is 0.0167. The number of anilines is 1. The van der Waals surface area contributed by atoms with Crippen molar-refractivity contribution in [1.29, 1.82) is 0 Å². The van der Waals surface area contributed by atoms with Crippen molar-refractivity contribution in [1.82, 2.24) is 4.90 Å². The molecule has 0 saturated carbocycles. The monoisotopic (exact) mass is 366 g/mol. The lowest BCUT2D eigenvalue weighted by molar-refractivity contribution is -0.136. The normalized spacial score (nSPS) is 15.1. The van der Waals surface area contributed by atoms with Gasteiger partial charge in [0.15, 0.2) is 6.10 Å². The lowest BCUT2D eigenvalue weighted by atomic mass is 10.1. The van der Waals surface area contributed by atoms with Gasteiger partial charge in [0.1, 0.15) is 18.1 Å². The predicted molar refractivity (Wildman–Crippen MR) is 103 cm³/mol. The third kappa shape index (κ3) is 4.67. The van der Waals surface area contributed by atoms with Crippen LogP contribution in [0.1, 0.15) is 12.0 Å². The molecule has 1 heterocycles. The van der Waals surface area contributed by atoms with E-state index in [1.807, 2.05) is 36.4 Å².